The highest BCUT2D eigenvalue weighted by Gasteiger charge is 2.42. The summed E-state index contributed by atoms with van der Waals surface area (Å²) in [6, 6.07) is 9.69. The molecule has 0 bridgehead atoms. The zero-order valence-electron chi connectivity index (χ0n) is 14.8. The second kappa shape index (κ2) is 7.80. The number of aromatic carboxylic acids is 1. The molecule has 3 rings (SSSR count). The van der Waals surface area contributed by atoms with E-state index in [1.807, 2.05) is 37.3 Å². The molecule has 1 heterocycles. The highest BCUT2D eigenvalue weighted by molar-refractivity contribution is 8.01. The summed E-state index contributed by atoms with van der Waals surface area (Å²) >= 11 is 2.76. The van der Waals surface area contributed by atoms with E-state index >= 15 is 0 Å². The minimum absolute atomic E-state index is 0.0149. The van der Waals surface area contributed by atoms with E-state index in [9.17, 15) is 14.7 Å². The number of aryl methyl sites for hydroxylation is 1. The number of aromatic nitrogens is 1. The van der Waals surface area contributed by atoms with E-state index in [1.54, 1.807) is 18.7 Å². The molecule has 138 valence electrons. The van der Waals surface area contributed by atoms with Crippen LogP contribution in [0.25, 0.3) is 0 Å². The molecule has 2 N–H and O–H groups in total. The summed E-state index contributed by atoms with van der Waals surface area (Å²) in [4.78, 5) is 30.0. The van der Waals surface area contributed by atoms with Crippen molar-refractivity contribution in [1.29, 1.82) is 0 Å². The Morgan fingerprint density at radius 1 is 1.27 bits per heavy atom. The molecule has 1 aromatic heterocycles. The number of carboxylic acid groups (broad SMARTS) is 1. The number of hydrogen-bond donors (Lipinski definition) is 2. The monoisotopic (exact) mass is 390 g/mol. The Morgan fingerprint density at radius 3 is 2.50 bits per heavy atom. The highest BCUT2D eigenvalue weighted by Crippen LogP contribution is 2.45. The molecule has 1 fully saturated rings. The van der Waals surface area contributed by atoms with E-state index in [0.29, 0.717) is 10.7 Å². The van der Waals surface area contributed by atoms with Gasteiger partial charge in [0.1, 0.15) is 9.88 Å². The van der Waals surface area contributed by atoms with Crippen LogP contribution < -0.4 is 5.32 Å². The van der Waals surface area contributed by atoms with Gasteiger partial charge in [0.05, 0.1) is 16.5 Å². The Kier molecular flexibility index (Phi) is 5.67. The molecule has 0 spiro atoms. The number of carbonyl (C=O) groups excluding carboxylic acids is 1. The van der Waals surface area contributed by atoms with E-state index < -0.39 is 10.7 Å². The van der Waals surface area contributed by atoms with Crippen molar-refractivity contribution in [2.45, 2.75) is 55.2 Å². The lowest BCUT2D eigenvalue weighted by molar-refractivity contribution is -0.124. The topological polar surface area (TPSA) is 79.3 Å². The van der Waals surface area contributed by atoms with E-state index in [4.69, 9.17) is 0 Å². The van der Waals surface area contributed by atoms with Gasteiger partial charge in [0.25, 0.3) is 0 Å². The van der Waals surface area contributed by atoms with Crippen molar-refractivity contribution in [2.24, 2.45) is 0 Å². The van der Waals surface area contributed by atoms with Crippen LogP contribution in [-0.2, 0) is 4.79 Å². The third-order valence-electron chi connectivity index (χ3n) is 4.61. The summed E-state index contributed by atoms with van der Waals surface area (Å²) in [7, 11) is 0. The van der Waals surface area contributed by atoms with Crippen molar-refractivity contribution in [3.63, 3.8) is 0 Å². The first-order valence-electron chi connectivity index (χ1n) is 8.67. The number of carbonyl (C=O) groups is 2. The normalized spacial score (nSPS) is 17.0. The van der Waals surface area contributed by atoms with Crippen LogP contribution in [0.2, 0.25) is 0 Å². The molecule has 5 nitrogen and oxygen atoms in total. The van der Waals surface area contributed by atoms with Crippen LogP contribution in [0.3, 0.4) is 0 Å². The van der Waals surface area contributed by atoms with Gasteiger partial charge >= 0.3 is 5.97 Å². The molecule has 0 radical (unpaired) electrons. The quantitative estimate of drug-likeness (QED) is 0.763. The summed E-state index contributed by atoms with van der Waals surface area (Å²) in [5, 5.41) is 12.9. The zero-order valence-corrected chi connectivity index (χ0v) is 16.5. The number of thioether (sulfide) groups is 1. The fourth-order valence-corrected chi connectivity index (χ4v) is 5.52. The van der Waals surface area contributed by atoms with E-state index in [0.717, 1.165) is 41.9 Å². The Morgan fingerprint density at radius 2 is 1.92 bits per heavy atom. The lowest BCUT2D eigenvalue weighted by Crippen LogP contribution is -2.43. The number of nitrogens with one attached hydrogen (secondary N) is 1. The standard InChI is InChI=1S/C19H22N2O3S2/c1-12-15(17(22)23)25-16(20-12)13(2)21-18(24)19(10-6-7-11-19)26-14-8-4-3-5-9-14/h3-5,8-9,13H,6-7,10-11H2,1-2H3,(H,21,24)(H,22,23). The number of hydrogen-bond acceptors (Lipinski definition) is 5. The lowest BCUT2D eigenvalue weighted by atomic mass is 10.1. The van der Waals surface area contributed by atoms with Crippen LogP contribution >= 0.6 is 23.1 Å². The molecule has 26 heavy (non-hydrogen) atoms. The molecule has 0 saturated heterocycles. The maximum Gasteiger partial charge on any atom is 0.347 e. The number of benzene rings is 1. The first-order chi connectivity index (χ1) is 12.4. The predicted molar refractivity (Wildman–Crippen MR) is 104 cm³/mol. The number of amides is 1. The molecule has 1 aromatic carbocycles. The Balaban J connectivity index is 1.76. The molecule has 0 aliphatic heterocycles. The number of thiazole rings is 1. The summed E-state index contributed by atoms with van der Waals surface area (Å²) < 4.78 is -0.461. The maximum atomic E-state index is 13.1. The molecule has 1 unspecified atom stereocenters. The fraction of sp³-hybridized carbons (Fsp3) is 0.421. The second-order valence-corrected chi connectivity index (χ2v) is 9.07. The van der Waals surface area contributed by atoms with Crippen LogP contribution in [0.5, 0.6) is 0 Å². The van der Waals surface area contributed by atoms with E-state index in [1.165, 1.54) is 0 Å². The Hall–Kier alpha value is -1.86. The van der Waals surface area contributed by atoms with Gasteiger partial charge in [0.2, 0.25) is 5.91 Å². The molecule has 2 aromatic rings. The average molecular weight is 391 g/mol. The molecular formula is C19H22N2O3S2. The van der Waals surface area contributed by atoms with E-state index in [-0.39, 0.29) is 16.8 Å². The molecule has 1 saturated carbocycles. The molecule has 1 amide bonds. The van der Waals surface area contributed by atoms with Crippen molar-refractivity contribution in [3.05, 3.63) is 45.9 Å². The van der Waals surface area contributed by atoms with Crippen molar-refractivity contribution in [1.82, 2.24) is 10.3 Å². The Labute approximate surface area is 161 Å². The SMILES string of the molecule is Cc1nc(C(C)NC(=O)C2(Sc3ccccc3)CCCC2)sc1C(=O)O. The van der Waals surface area contributed by atoms with Crippen LogP contribution in [0.4, 0.5) is 0 Å². The smallest absolute Gasteiger partial charge is 0.347 e. The third-order valence-corrected chi connectivity index (χ3v) is 7.43. The van der Waals surface area contributed by atoms with Gasteiger partial charge in [0.15, 0.2) is 0 Å². The molecule has 1 aliphatic rings. The summed E-state index contributed by atoms with van der Waals surface area (Å²) in [5.41, 5.74) is 0.493. The van der Waals surface area contributed by atoms with Gasteiger partial charge < -0.3 is 10.4 Å². The molecule has 7 heteroatoms. The van der Waals surface area contributed by atoms with Gasteiger partial charge in [-0.05, 0) is 38.8 Å². The fourth-order valence-electron chi connectivity index (χ4n) is 3.23. The lowest BCUT2D eigenvalue weighted by Gasteiger charge is -2.28. The van der Waals surface area contributed by atoms with Gasteiger partial charge in [0, 0.05) is 4.90 Å². The number of nitrogens with zero attached hydrogens (tertiary/aromatic N) is 1. The van der Waals surface area contributed by atoms with Crippen molar-refractivity contribution < 1.29 is 14.7 Å². The van der Waals surface area contributed by atoms with Gasteiger partial charge in [-0.15, -0.1) is 23.1 Å². The first kappa shape index (κ1) is 18.9. The number of carboxylic acids is 1. The minimum Gasteiger partial charge on any atom is -0.477 e. The summed E-state index contributed by atoms with van der Waals surface area (Å²) in [6.07, 6.45) is 3.78. The summed E-state index contributed by atoms with van der Waals surface area (Å²) in [6.45, 7) is 3.54. The van der Waals surface area contributed by atoms with Gasteiger partial charge in [-0.25, -0.2) is 9.78 Å². The first-order valence-corrected chi connectivity index (χ1v) is 10.3. The highest BCUT2D eigenvalue weighted by atomic mass is 32.2. The van der Waals surface area contributed by atoms with Crippen LogP contribution in [0, 0.1) is 6.92 Å². The van der Waals surface area contributed by atoms with Gasteiger partial charge in [-0.1, -0.05) is 31.0 Å². The average Bonchev–Trinajstić information content (AvgIpc) is 3.23. The maximum absolute atomic E-state index is 13.1. The number of rotatable bonds is 6. The van der Waals surface area contributed by atoms with Crippen LogP contribution in [0.1, 0.15) is 59.0 Å². The molecule has 1 aliphatic carbocycles. The molecular weight excluding hydrogens is 368 g/mol. The van der Waals surface area contributed by atoms with E-state index in [2.05, 4.69) is 10.3 Å². The van der Waals surface area contributed by atoms with Crippen molar-refractivity contribution in [3.8, 4) is 0 Å². The largest absolute Gasteiger partial charge is 0.477 e. The predicted octanol–water partition coefficient (Wildman–Crippen LogP) is 4.43. The van der Waals surface area contributed by atoms with Crippen molar-refractivity contribution >= 4 is 35.0 Å². The Bertz CT molecular complexity index is 798. The van der Waals surface area contributed by atoms with Gasteiger partial charge in [-0.3, -0.25) is 4.79 Å². The van der Waals surface area contributed by atoms with Gasteiger partial charge in [-0.2, -0.15) is 0 Å². The van der Waals surface area contributed by atoms with Crippen LogP contribution in [-0.4, -0.2) is 26.7 Å². The summed E-state index contributed by atoms with van der Waals surface area (Å²) in [5.74, 6) is -0.960. The second-order valence-electron chi connectivity index (χ2n) is 6.58. The third kappa shape index (κ3) is 3.94. The van der Waals surface area contributed by atoms with Crippen LogP contribution in [0.15, 0.2) is 35.2 Å². The minimum atomic E-state index is -0.975. The zero-order chi connectivity index (χ0) is 18.7. The van der Waals surface area contributed by atoms with Crippen molar-refractivity contribution in [2.75, 3.05) is 0 Å². The molecule has 1 atom stereocenters.